The predicted molar refractivity (Wildman–Crippen MR) is 73.0 cm³/mol. The largest absolute Gasteiger partial charge is 0.481 e. The number of carboxylic acid groups (broad SMARTS) is 1. The van der Waals surface area contributed by atoms with Crippen molar-refractivity contribution in [3.63, 3.8) is 0 Å². The number of hydrogen-bond acceptors (Lipinski definition) is 3. The summed E-state index contributed by atoms with van der Waals surface area (Å²) in [7, 11) is 1.59. The van der Waals surface area contributed by atoms with Crippen molar-refractivity contribution >= 4 is 29.3 Å². The summed E-state index contributed by atoms with van der Waals surface area (Å²) in [6.45, 7) is 3.46. The molecule has 1 amide bonds. The Morgan fingerprint density at radius 1 is 1.33 bits per heavy atom. The quantitative estimate of drug-likeness (QED) is 0.657. The molecule has 0 fully saturated rings. The van der Waals surface area contributed by atoms with Gasteiger partial charge in [0.2, 0.25) is 5.91 Å². The molecule has 5 heteroatoms. The average Bonchev–Trinajstić information content (AvgIpc) is 2.37. The van der Waals surface area contributed by atoms with Gasteiger partial charge in [-0.3, -0.25) is 9.59 Å². The van der Waals surface area contributed by atoms with Gasteiger partial charge in [0.25, 0.3) is 0 Å². The fourth-order valence-electron chi connectivity index (χ4n) is 1.46. The predicted octanol–water partition coefficient (Wildman–Crippen LogP) is 2.48. The third-order valence-corrected chi connectivity index (χ3v) is 3.50. The zero-order valence-electron chi connectivity index (χ0n) is 10.7. The number of carbonyl (C=O) groups is 2. The van der Waals surface area contributed by atoms with E-state index in [9.17, 15) is 9.59 Å². The van der Waals surface area contributed by atoms with Crippen molar-refractivity contribution in [3.05, 3.63) is 24.3 Å². The van der Waals surface area contributed by atoms with Crippen LogP contribution in [0.25, 0.3) is 0 Å². The van der Waals surface area contributed by atoms with Crippen LogP contribution in [0.5, 0.6) is 0 Å². The molecule has 18 heavy (non-hydrogen) atoms. The maximum Gasteiger partial charge on any atom is 0.315 e. The first kappa shape index (κ1) is 14.6. The highest BCUT2D eigenvalue weighted by molar-refractivity contribution is 7.99. The first-order valence-electron chi connectivity index (χ1n) is 5.70. The Morgan fingerprint density at radius 2 is 1.89 bits per heavy atom. The molecule has 0 aliphatic rings. The fourth-order valence-corrected chi connectivity index (χ4v) is 2.12. The molecule has 1 unspecified atom stereocenters. The zero-order chi connectivity index (χ0) is 13.7. The summed E-state index contributed by atoms with van der Waals surface area (Å²) in [5.41, 5.74) is 0.702. The number of carboxylic acids is 1. The van der Waals surface area contributed by atoms with Crippen molar-refractivity contribution in [2.45, 2.75) is 18.7 Å². The van der Waals surface area contributed by atoms with Crippen LogP contribution in [0.2, 0.25) is 0 Å². The summed E-state index contributed by atoms with van der Waals surface area (Å²) in [5, 5.41) is 8.81. The lowest BCUT2D eigenvalue weighted by atomic mass is 10.1. The van der Waals surface area contributed by atoms with Crippen LogP contribution in [0.15, 0.2) is 29.2 Å². The SMILES string of the molecule is CCSc1ccc(N(C)C(=O)C(C)C(=O)O)cc1. The lowest BCUT2D eigenvalue weighted by Gasteiger charge is -2.19. The summed E-state index contributed by atoms with van der Waals surface area (Å²) in [6, 6.07) is 7.51. The van der Waals surface area contributed by atoms with Crippen molar-refractivity contribution < 1.29 is 14.7 Å². The normalized spacial score (nSPS) is 11.9. The van der Waals surface area contributed by atoms with Gasteiger partial charge in [0.1, 0.15) is 5.92 Å². The molecule has 0 bridgehead atoms. The van der Waals surface area contributed by atoms with Crippen molar-refractivity contribution in [2.24, 2.45) is 5.92 Å². The lowest BCUT2D eigenvalue weighted by Crippen LogP contribution is -2.35. The topological polar surface area (TPSA) is 57.6 Å². The van der Waals surface area contributed by atoms with Crippen LogP contribution >= 0.6 is 11.8 Å². The van der Waals surface area contributed by atoms with Gasteiger partial charge in [-0.05, 0) is 36.9 Å². The molecule has 0 spiro atoms. The second kappa shape index (κ2) is 6.44. The number of aliphatic carboxylic acids is 1. The van der Waals surface area contributed by atoms with E-state index in [2.05, 4.69) is 6.92 Å². The van der Waals surface area contributed by atoms with E-state index in [0.717, 1.165) is 10.6 Å². The van der Waals surface area contributed by atoms with Crippen molar-refractivity contribution in [3.8, 4) is 0 Å². The highest BCUT2D eigenvalue weighted by Gasteiger charge is 2.24. The minimum Gasteiger partial charge on any atom is -0.481 e. The molecule has 1 rings (SSSR count). The van der Waals surface area contributed by atoms with Crippen LogP contribution in [-0.2, 0) is 9.59 Å². The van der Waals surface area contributed by atoms with Gasteiger partial charge in [-0.25, -0.2) is 0 Å². The molecule has 0 saturated carbocycles. The number of amides is 1. The van der Waals surface area contributed by atoms with Gasteiger partial charge in [-0.1, -0.05) is 6.92 Å². The van der Waals surface area contributed by atoms with Crippen molar-refractivity contribution in [1.29, 1.82) is 0 Å². The van der Waals surface area contributed by atoms with Crippen LogP contribution in [-0.4, -0.2) is 29.8 Å². The van der Waals surface area contributed by atoms with Crippen molar-refractivity contribution in [2.75, 3.05) is 17.7 Å². The molecule has 98 valence electrons. The smallest absolute Gasteiger partial charge is 0.315 e. The van der Waals surface area contributed by atoms with Gasteiger partial charge >= 0.3 is 5.97 Å². The highest BCUT2D eigenvalue weighted by atomic mass is 32.2. The van der Waals surface area contributed by atoms with Gasteiger partial charge in [-0.15, -0.1) is 11.8 Å². The standard InChI is InChI=1S/C13H17NO3S/c1-4-18-11-7-5-10(6-8-11)14(3)12(15)9(2)13(16)17/h5-9H,4H2,1-3H3,(H,16,17). The number of hydrogen-bond donors (Lipinski definition) is 1. The molecule has 0 aliphatic heterocycles. The highest BCUT2D eigenvalue weighted by Crippen LogP contribution is 2.22. The molecule has 0 saturated heterocycles. The first-order chi connectivity index (χ1) is 8.47. The van der Waals surface area contributed by atoms with Crippen LogP contribution in [0.3, 0.4) is 0 Å². The van der Waals surface area contributed by atoms with E-state index in [1.165, 1.54) is 11.8 Å². The van der Waals surface area contributed by atoms with E-state index in [4.69, 9.17) is 5.11 Å². The molecule has 4 nitrogen and oxygen atoms in total. The third kappa shape index (κ3) is 3.50. The summed E-state index contributed by atoms with van der Waals surface area (Å²) >= 11 is 1.72. The fraction of sp³-hybridized carbons (Fsp3) is 0.385. The van der Waals surface area contributed by atoms with Crippen LogP contribution < -0.4 is 4.90 Å². The van der Waals surface area contributed by atoms with E-state index >= 15 is 0 Å². The molecule has 1 aromatic rings. The Morgan fingerprint density at radius 3 is 2.33 bits per heavy atom. The molecule has 1 N–H and O–H groups in total. The second-order valence-electron chi connectivity index (χ2n) is 3.88. The minimum absolute atomic E-state index is 0.418. The number of carbonyl (C=O) groups excluding carboxylic acids is 1. The molecule has 0 heterocycles. The zero-order valence-corrected chi connectivity index (χ0v) is 11.5. The molecular formula is C13H17NO3S. The summed E-state index contributed by atoms with van der Waals surface area (Å²) in [4.78, 5) is 25.1. The second-order valence-corrected chi connectivity index (χ2v) is 5.22. The molecule has 0 radical (unpaired) electrons. The number of anilines is 1. The van der Waals surface area contributed by atoms with Crippen LogP contribution in [0.4, 0.5) is 5.69 Å². The van der Waals surface area contributed by atoms with Crippen molar-refractivity contribution in [1.82, 2.24) is 0 Å². The maximum atomic E-state index is 11.8. The molecule has 0 aliphatic carbocycles. The summed E-state index contributed by atoms with van der Waals surface area (Å²) in [6.07, 6.45) is 0. The van der Waals surface area contributed by atoms with Gasteiger partial charge < -0.3 is 10.0 Å². The molecule has 0 aromatic heterocycles. The summed E-state index contributed by atoms with van der Waals surface area (Å²) < 4.78 is 0. The Balaban J connectivity index is 2.80. The Hall–Kier alpha value is -1.49. The molecular weight excluding hydrogens is 250 g/mol. The monoisotopic (exact) mass is 267 g/mol. The van der Waals surface area contributed by atoms with E-state index in [0.29, 0.717) is 5.69 Å². The van der Waals surface area contributed by atoms with E-state index in [1.54, 1.807) is 18.8 Å². The Labute approximate surface area is 111 Å². The number of benzene rings is 1. The third-order valence-electron chi connectivity index (χ3n) is 2.61. The maximum absolute atomic E-state index is 11.8. The van der Waals surface area contributed by atoms with Crippen LogP contribution in [0, 0.1) is 5.92 Å². The Kier molecular flexibility index (Phi) is 5.22. The number of thioether (sulfide) groups is 1. The van der Waals surface area contributed by atoms with E-state index in [-0.39, 0.29) is 0 Å². The number of nitrogens with zero attached hydrogens (tertiary/aromatic N) is 1. The number of rotatable bonds is 5. The van der Waals surface area contributed by atoms with Gasteiger partial charge in [0, 0.05) is 17.6 Å². The van der Waals surface area contributed by atoms with Gasteiger partial charge in [0.05, 0.1) is 0 Å². The van der Waals surface area contributed by atoms with Gasteiger partial charge in [0.15, 0.2) is 0 Å². The molecule has 1 atom stereocenters. The van der Waals surface area contributed by atoms with Crippen LogP contribution in [0.1, 0.15) is 13.8 Å². The lowest BCUT2D eigenvalue weighted by molar-refractivity contribution is -0.145. The average molecular weight is 267 g/mol. The first-order valence-corrected chi connectivity index (χ1v) is 6.69. The Bertz CT molecular complexity index is 430. The minimum atomic E-state index is -1.11. The van der Waals surface area contributed by atoms with E-state index in [1.807, 2.05) is 24.3 Å². The summed E-state index contributed by atoms with van der Waals surface area (Å²) in [5.74, 6) is -1.56. The van der Waals surface area contributed by atoms with E-state index < -0.39 is 17.8 Å². The molecule has 1 aromatic carbocycles. The van der Waals surface area contributed by atoms with Gasteiger partial charge in [-0.2, -0.15) is 0 Å².